The monoisotopic (exact) mass is 518 g/mol. The van der Waals surface area contributed by atoms with Crippen LogP contribution in [-0.2, 0) is 6.54 Å². The van der Waals surface area contributed by atoms with Crippen molar-refractivity contribution in [3.8, 4) is 5.88 Å². The van der Waals surface area contributed by atoms with E-state index in [4.69, 9.17) is 9.84 Å². The third kappa shape index (κ3) is 11.5. The van der Waals surface area contributed by atoms with Crippen molar-refractivity contribution in [1.29, 1.82) is 0 Å². The molecule has 6 nitrogen and oxygen atoms in total. The molecule has 0 fully saturated rings. The summed E-state index contributed by atoms with van der Waals surface area (Å²) >= 11 is 0. The molecule has 0 aliphatic heterocycles. The molecule has 28 heavy (non-hydrogen) atoms. The molecule has 0 bridgehead atoms. The van der Waals surface area contributed by atoms with Crippen LogP contribution < -0.4 is 15.4 Å². The predicted octanol–water partition coefficient (Wildman–Crippen LogP) is 3.49. The number of aliphatic hydroxyl groups is 1. The minimum atomic E-state index is -4.42. The van der Waals surface area contributed by atoms with Crippen LogP contribution in [0.1, 0.15) is 38.7 Å². The van der Waals surface area contributed by atoms with Crippen molar-refractivity contribution in [2.75, 3.05) is 26.3 Å². The zero-order chi connectivity index (χ0) is 20.1. The molecule has 1 heterocycles. The third-order valence-corrected chi connectivity index (χ3v) is 3.77. The first-order chi connectivity index (χ1) is 12.9. The lowest BCUT2D eigenvalue weighted by atomic mass is 10.0. The zero-order valence-corrected chi connectivity index (χ0v) is 18.6. The molecular formula is C18H30F3IN4O2. The van der Waals surface area contributed by atoms with Gasteiger partial charge in [0.05, 0.1) is 6.54 Å². The van der Waals surface area contributed by atoms with Gasteiger partial charge in [-0.15, -0.1) is 24.0 Å². The van der Waals surface area contributed by atoms with E-state index in [1.54, 1.807) is 12.1 Å². The van der Waals surface area contributed by atoms with Crippen molar-refractivity contribution in [1.82, 2.24) is 15.6 Å². The molecule has 0 amide bonds. The van der Waals surface area contributed by atoms with Gasteiger partial charge in [-0.1, -0.05) is 19.4 Å². The van der Waals surface area contributed by atoms with Crippen molar-refractivity contribution in [2.24, 2.45) is 10.9 Å². The van der Waals surface area contributed by atoms with Gasteiger partial charge in [-0.3, -0.25) is 0 Å². The predicted molar refractivity (Wildman–Crippen MR) is 114 cm³/mol. The van der Waals surface area contributed by atoms with E-state index >= 15 is 0 Å². The first-order valence-electron chi connectivity index (χ1n) is 9.16. The summed E-state index contributed by atoms with van der Waals surface area (Å²) in [5.41, 5.74) is 0.472. The molecule has 0 aliphatic carbocycles. The highest BCUT2D eigenvalue weighted by molar-refractivity contribution is 14.0. The van der Waals surface area contributed by atoms with Gasteiger partial charge >= 0.3 is 6.18 Å². The van der Waals surface area contributed by atoms with Crippen LogP contribution in [0.15, 0.2) is 23.3 Å². The second kappa shape index (κ2) is 14.7. The van der Waals surface area contributed by atoms with E-state index in [0.29, 0.717) is 37.0 Å². The number of nitrogens with one attached hydrogen (secondary N) is 2. The lowest BCUT2D eigenvalue weighted by molar-refractivity contribution is -0.154. The van der Waals surface area contributed by atoms with Gasteiger partial charge in [0.1, 0.15) is 0 Å². The lowest BCUT2D eigenvalue weighted by Gasteiger charge is -2.18. The van der Waals surface area contributed by atoms with Gasteiger partial charge in [0.25, 0.3) is 0 Å². The van der Waals surface area contributed by atoms with E-state index in [1.807, 2.05) is 6.92 Å². The largest absolute Gasteiger partial charge is 0.468 e. The summed E-state index contributed by atoms with van der Waals surface area (Å²) in [6, 6.07) is 3.27. The standard InChI is InChI=1S/C18H29F3N4O2.HI/c1-3-6-14(8-10-26)11-24-17(22-4-2)25-12-15-7-5-9-23-16(15)27-13-18(19,20)21;/h5,7,9,14,26H,3-4,6,8,10-13H2,1-2H3,(H2,22,24,25);1H. The number of nitrogens with zero attached hydrogens (tertiary/aromatic N) is 2. The van der Waals surface area contributed by atoms with E-state index in [1.165, 1.54) is 6.20 Å². The highest BCUT2D eigenvalue weighted by Crippen LogP contribution is 2.20. The van der Waals surface area contributed by atoms with Crippen LogP contribution in [0.3, 0.4) is 0 Å². The maximum Gasteiger partial charge on any atom is 0.422 e. The molecule has 0 aliphatic rings. The Kier molecular flexibility index (Phi) is 14.0. The molecule has 1 unspecified atom stereocenters. The Bertz CT molecular complexity index is 568. The van der Waals surface area contributed by atoms with Crippen LogP contribution in [0.4, 0.5) is 13.2 Å². The number of aromatic nitrogens is 1. The maximum absolute atomic E-state index is 12.4. The Hall–Kier alpha value is -1.30. The number of rotatable bonds is 11. The van der Waals surface area contributed by atoms with Gasteiger partial charge in [0.2, 0.25) is 5.88 Å². The Balaban J connectivity index is 0.00000729. The Morgan fingerprint density at radius 1 is 1.29 bits per heavy atom. The van der Waals surface area contributed by atoms with Crippen LogP contribution in [0, 0.1) is 5.92 Å². The number of aliphatic imine (C=N–C) groups is 1. The average Bonchev–Trinajstić information content (AvgIpc) is 2.62. The maximum atomic E-state index is 12.4. The molecule has 1 aromatic rings. The van der Waals surface area contributed by atoms with Crippen molar-refractivity contribution in [3.63, 3.8) is 0 Å². The van der Waals surface area contributed by atoms with Crippen LogP contribution >= 0.6 is 24.0 Å². The lowest BCUT2D eigenvalue weighted by Crippen LogP contribution is -2.40. The molecular weight excluding hydrogens is 488 g/mol. The summed E-state index contributed by atoms with van der Waals surface area (Å²) < 4.78 is 41.9. The molecule has 3 N–H and O–H groups in total. The third-order valence-electron chi connectivity index (χ3n) is 3.77. The normalized spacial score (nSPS) is 12.9. The fourth-order valence-electron chi connectivity index (χ4n) is 2.51. The zero-order valence-electron chi connectivity index (χ0n) is 16.3. The first-order valence-corrected chi connectivity index (χ1v) is 9.16. The van der Waals surface area contributed by atoms with Crippen LogP contribution in [-0.4, -0.2) is 48.5 Å². The molecule has 1 atom stereocenters. The van der Waals surface area contributed by atoms with E-state index < -0.39 is 12.8 Å². The van der Waals surface area contributed by atoms with E-state index in [2.05, 4.69) is 27.5 Å². The number of aliphatic hydroxyl groups excluding tert-OH is 1. The van der Waals surface area contributed by atoms with Crippen molar-refractivity contribution >= 4 is 29.9 Å². The minimum Gasteiger partial charge on any atom is -0.468 e. The number of hydrogen-bond acceptors (Lipinski definition) is 4. The quantitative estimate of drug-likeness (QED) is 0.238. The molecule has 0 saturated carbocycles. The Morgan fingerprint density at radius 3 is 2.64 bits per heavy atom. The molecule has 0 aromatic carbocycles. The van der Waals surface area contributed by atoms with Gasteiger partial charge in [-0.2, -0.15) is 13.2 Å². The summed E-state index contributed by atoms with van der Waals surface area (Å²) in [4.78, 5) is 8.28. The smallest absolute Gasteiger partial charge is 0.422 e. The second-order valence-corrected chi connectivity index (χ2v) is 6.11. The fraction of sp³-hybridized carbons (Fsp3) is 0.667. The summed E-state index contributed by atoms with van der Waals surface area (Å²) in [6.45, 7) is 4.20. The number of halogens is 4. The van der Waals surface area contributed by atoms with Gasteiger partial charge < -0.3 is 20.5 Å². The average molecular weight is 518 g/mol. The number of guanidine groups is 1. The highest BCUT2D eigenvalue weighted by Gasteiger charge is 2.29. The van der Waals surface area contributed by atoms with Gasteiger partial charge in [-0.05, 0) is 31.7 Å². The van der Waals surface area contributed by atoms with Gasteiger partial charge in [-0.25, -0.2) is 9.98 Å². The summed E-state index contributed by atoms with van der Waals surface area (Å²) in [6.07, 6.45) is -0.318. The SMILES string of the molecule is CCCC(CCO)CNC(=NCc1cccnc1OCC(F)(F)F)NCC.I. The van der Waals surface area contributed by atoms with E-state index in [0.717, 1.165) is 12.8 Å². The van der Waals surface area contributed by atoms with Crippen molar-refractivity contribution in [3.05, 3.63) is 23.9 Å². The van der Waals surface area contributed by atoms with Crippen LogP contribution in [0.5, 0.6) is 5.88 Å². The fourth-order valence-corrected chi connectivity index (χ4v) is 2.51. The van der Waals surface area contributed by atoms with Crippen LogP contribution in [0.2, 0.25) is 0 Å². The van der Waals surface area contributed by atoms with E-state index in [-0.39, 0.29) is 43.0 Å². The minimum absolute atomic E-state index is 0. The summed E-state index contributed by atoms with van der Waals surface area (Å²) in [5, 5.41) is 15.5. The number of hydrogen-bond donors (Lipinski definition) is 3. The topological polar surface area (TPSA) is 78.8 Å². The van der Waals surface area contributed by atoms with Crippen molar-refractivity contribution < 1.29 is 23.0 Å². The number of alkyl halides is 3. The Morgan fingerprint density at radius 2 is 2.04 bits per heavy atom. The second-order valence-electron chi connectivity index (χ2n) is 6.11. The highest BCUT2D eigenvalue weighted by atomic mass is 127. The van der Waals surface area contributed by atoms with Gasteiger partial charge in [0, 0.05) is 31.5 Å². The molecule has 1 aromatic heterocycles. The Labute approximate surface area is 181 Å². The number of pyridine rings is 1. The van der Waals surface area contributed by atoms with Crippen LogP contribution in [0.25, 0.3) is 0 Å². The molecule has 1 rings (SSSR count). The molecule has 0 radical (unpaired) electrons. The molecule has 0 saturated heterocycles. The van der Waals surface area contributed by atoms with Gasteiger partial charge in [0.15, 0.2) is 12.6 Å². The van der Waals surface area contributed by atoms with E-state index in [9.17, 15) is 13.2 Å². The van der Waals surface area contributed by atoms with Crippen molar-refractivity contribution in [2.45, 2.75) is 45.8 Å². The first kappa shape index (κ1) is 26.7. The molecule has 162 valence electrons. The number of ether oxygens (including phenoxy) is 1. The molecule has 10 heteroatoms. The summed E-state index contributed by atoms with van der Waals surface area (Å²) in [7, 11) is 0. The summed E-state index contributed by atoms with van der Waals surface area (Å²) in [5.74, 6) is 0.814. The molecule has 0 spiro atoms.